The largest absolute Gasteiger partial charge is 0.481 e. The topological polar surface area (TPSA) is 63.6 Å². The molecule has 0 spiro atoms. The number of carbonyl (C=O) groups is 2. The minimum absolute atomic E-state index is 0.133. The van der Waals surface area contributed by atoms with Crippen LogP contribution in [0.2, 0.25) is 0 Å². The number of alkyl halides is 6. The Balaban J connectivity index is 2.67. The maximum absolute atomic E-state index is 12.1. The summed E-state index contributed by atoms with van der Waals surface area (Å²) in [5.74, 6) is -3.65. The number of carbonyl (C=O) groups excluding carboxylic acids is 1. The van der Waals surface area contributed by atoms with Gasteiger partial charge >= 0.3 is 24.3 Å². The van der Waals surface area contributed by atoms with E-state index in [1.54, 1.807) is 0 Å². The van der Waals surface area contributed by atoms with Gasteiger partial charge in [-0.1, -0.05) is 6.08 Å². The first-order valence-corrected chi connectivity index (χ1v) is 5.54. The molecule has 0 saturated heterocycles. The van der Waals surface area contributed by atoms with Crippen LogP contribution in [0.4, 0.5) is 26.3 Å². The van der Waals surface area contributed by atoms with E-state index in [2.05, 4.69) is 4.74 Å². The number of rotatable bonds is 4. The number of aliphatic carboxylic acids is 1. The van der Waals surface area contributed by atoms with Gasteiger partial charge in [0.15, 0.2) is 0 Å². The highest BCUT2D eigenvalue weighted by Gasteiger charge is 2.60. The number of carboxylic acids is 1. The zero-order valence-corrected chi connectivity index (χ0v) is 10.5. The lowest BCUT2D eigenvalue weighted by Crippen LogP contribution is -2.45. The van der Waals surface area contributed by atoms with Crippen LogP contribution in [0.15, 0.2) is 12.2 Å². The van der Waals surface area contributed by atoms with Crippen molar-refractivity contribution in [2.24, 2.45) is 11.3 Å². The van der Waals surface area contributed by atoms with Gasteiger partial charge in [-0.15, -0.1) is 0 Å². The highest BCUT2D eigenvalue weighted by Crippen LogP contribution is 2.53. The van der Waals surface area contributed by atoms with E-state index in [9.17, 15) is 35.9 Å². The Morgan fingerprint density at radius 2 is 1.71 bits per heavy atom. The zero-order chi connectivity index (χ0) is 16.6. The second-order valence-corrected chi connectivity index (χ2v) is 4.79. The molecule has 0 radical (unpaired) electrons. The SMILES string of the molecule is CC1(C(=O)O)CC1C=CC(=O)OC(C(F)(F)F)C(F)(F)F. The fourth-order valence-corrected chi connectivity index (χ4v) is 1.59. The van der Waals surface area contributed by atoms with Gasteiger partial charge in [-0.3, -0.25) is 4.79 Å². The second-order valence-electron chi connectivity index (χ2n) is 4.79. The molecular formula is C11H10F6O4. The fourth-order valence-electron chi connectivity index (χ4n) is 1.59. The summed E-state index contributed by atoms with van der Waals surface area (Å²) in [6.45, 7) is 1.34. The molecule has 1 aliphatic carbocycles. The lowest BCUT2D eigenvalue weighted by molar-refractivity contribution is -0.312. The minimum Gasteiger partial charge on any atom is -0.481 e. The minimum atomic E-state index is -5.78. The molecule has 4 nitrogen and oxygen atoms in total. The first kappa shape index (κ1) is 17.3. The van der Waals surface area contributed by atoms with Crippen LogP contribution < -0.4 is 0 Å². The van der Waals surface area contributed by atoms with Crippen molar-refractivity contribution in [1.29, 1.82) is 0 Å². The molecule has 120 valence electrons. The average molecular weight is 320 g/mol. The molecule has 1 rings (SSSR count). The van der Waals surface area contributed by atoms with Crippen LogP contribution in [0, 0.1) is 11.3 Å². The van der Waals surface area contributed by atoms with Crippen LogP contribution in [0.25, 0.3) is 0 Å². The smallest absolute Gasteiger partial charge is 0.434 e. The van der Waals surface area contributed by atoms with Gasteiger partial charge in [-0.05, 0) is 19.3 Å². The maximum Gasteiger partial charge on any atom is 0.434 e. The third-order valence-electron chi connectivity index (χ3n) is 3.08. The van der Waals surface area contributed by atoms with Crippen molar-refractivity contribution in [1.82, 2.24) is 0 Å². The molecule has 2 atom stereocenters. The highest BCUT2D eigenvalue weighted by atomic mass is 19.4. The summed E-state index contributed by atoms with van der Waals surface area (Å²) in [6, 6.07) is 0. The molecule has 21 heavy (non-hydrogen) atoms. The third kappa shape index (κ3) is 4.11. The van der Waals surface area contributed by atoms with Gasteiger partial charge in [0.1, 0.15) is 0 Å². The van der Waals surface area contributed by atoms with Crippen molar-refractivity contribution in [2.75, 3.05) is 0 Å². The summed E-state index contributed by atoms with van der Waals surface area (Å²) in [5, 5.41) is 8.76. The van der Waals surface area contributed by atoms with Crippen molar-refractivity contribution >= 4 is 11.9 Å². The highest BCUT2D eigenvalue weighted by molar-refractivity contribution is 5.83. The second kappa shape index (κ2) is 5.23. The predicted octanol–water partition coefficient (Wildman–Crippen LogP) is 2.69. The van der Waals surface area contributed by atoms with E-state index < -0.39 is 41.7 Å². The normalized spacial score (nSPS) is 26.2. The fraction of sp³-hybridized carbons (Fsp3) is 0.636. The van der Waals surface area contributed by atoms with Crippen molar-refractivity contribution in [3.8, 4) is 0 Å². The molecule has 0 aromatic rings. The third-order valence-corrected chi connectivity index (χ3v) is 3.08. The summed E-state index contributed by atoms with van der Waals surface area (Å²) in [6.07, 6.45) is -14.3. The average Bonchev–Trinajstić information content (AvgIpc) is 2.93. The number of carboxylic acid groups (broad SMARTS) is 1. The van der Waals surface area contributed by atoms with E-state index >= 15 is 0 Å². The molecule has 0 heterocycles. The molecule has 0 amide bonds. The van der Waals surface area contributed by atoms with Gasteiger partial charge < -0.3 is 9.84 Å². The number of ether oxygens (including phenoxy) is 1. The maximum atomic E-state index is 12.1. The monoisotopic (exact) mass is 320 g/mol. The summed E-state index contributed by atoms with van der Waals surface area (Å²) in [7, 11) is 0. The van der Waals surface area contributed by atoms with Gasteiger partial charge in [0.05, 0.1) is 5.41 Å². The lowest BCUT2D eigenvalue weighted by Gasteiger charge is -2.22. The van der Waals surface area contributed by atoms with Gasteiger partial charge in [0, 0.05) is 6.08 Å². The van der Waals surface area contributed by atoms with Crippen LogP contribution in [0.5, 0.6) is 0 Å². The lowest BCUT2D eigenvalue weighted by atomic mass is 10.1. The Labute approximate surface area is 114 Å². The summed E-state index contributed by atoms with van der Waals surface area (Å²) < 4.78 is 76.1. The molecule has 0 aromatic heterocycles. The first-order valence-electron chi connectivity index (χ1n) is 5.54. The van der Waals surface area contributed by atoms with Crippen molar-refractivity contribution in [3.05, 3.63) is 12.2 Å². The van der Waals surface area contributed by atoms with Gasteiger partial charge in [0.2, 0.25) is 0 Å². The molecule has 0 bridgehead atoms. The van der Waals surface area contributed by atoms with E-state index in [1.165, 1.54) is 6.92 Å². The number of hydrogen-bond acceptors (Lipinski definition) is 3. The van der Waals surface area contributed by atoms with Gasteiger partial charge in [-0.25, -0.2) is 4.79 Å². The summed E-state index contributed by atoms with van der Waals surface area (Å²) in [4.78, 5) is 21.7. The zero-order valence-electron chi connectivity index (χ0n) is 10.5. The van der Waals surface area contributed by atoms with Crippen LogP contribution >= 0.6 is 0 Å². The first-order chi connectivity index (χ1) is 9.28. The molecule has 0 aliphatic heterocycles. The summed E-state index contributed by atoms with van der Waals surface area (Å²) in [5.41, 5.74) is -1.16. The Bertz CT molecular complexity index is 452. The van der Waals surface area contributed by atoms with Crippen LogP contribution in [0.1, 0.15) is 13.3 Å². The van der Waals surface area contributed by atoms with Gasteiger partial charge in [-0.2, -0.15) is 26.3 Å². The van der Waals surface area contributed by atoms with Crippen molar-refractivity contribution in [3.63, 3.8) is 0 Å². The molecular weight excluding hydrogens is 310 g/mol. The Morgan fingerprint density at radius 1 is 1.24 bits per heavy atom. The van der Waals surface area contributed by atoms with E-state index in [0.717, 1.165) is 6.08 Å². The van der Waals surface area contributed by atoms with Gasteiger partial charge in [0.25, 0.3) is 6.10 Å². The van der Waals surface area contributed by atoms with E-state index in [4.69, 9.17) is 5.11 Å². The molecule has 2 unspecified atom stereocenters. The standard InChI is InChI=1S/C11H10F6O4/c1-9(8(19)20)4-5(9)2-3-6(18)21-7(10(12,13)14)11(15,16)17/h2-3,5,7H,4H2,1H3,(H,19,20). The predicted molar refractivity (Wildman–Crippen MR) is 55.0 cm³/mol. The van der Waals surface area contributed by atoms with E-state index in [-0.39, 0.29) is 6.42 Å². The van der Waals surface area contributed by atoms with Crippen LogP contribution in [-0.4, -0.2) is 35.5 Å². The number of esters is 1. The Kier molecular flexibility index (Phi) is 4.31. The van der Waals surface area contributed by atoms with Crippen molar-refractivity contribution in [2.45, 2.75) is 31.8 Å². The number of hydrogen-bond donors (Lipinski definition) is 1. The molecule has 0 aromatic carbocycles. The summed E-state index contributed by atoms with van der Waals surface area (Å²) >= 11 is 0. The van der Waals surface area contributed by atoms with Crippen molar-refractivity contribution < 1.29 is 45.8 Å². The number of halogens is 6. The molecule has 1 aliphatic rings. The van der Waals surface area contributed by atoms with E-state index in [1.807, 2.05) is 0 Å². The van der Waals surface area contributed by atoms with E-state index in [0.29, 0.717) is 6.08 Å². The number of allylic oxidation sites excluding steroid dienone is 1. The Hall–Kier alpha value is -1.74. The van der Waals surface area contributed by atoms with Crippen LogP contribution in [-0.2, 0) is 14.3 Å². The quantitative estimate of drug-likeness (QED) is 0.491. The molecule has 1 fully saturated rings. The van der Waals surface area contributed by atoms with Crippen LogP contribution in [0.3, 0.4) is 0 Å². The molecule has 10 heteroatoms. The molecule has 1 N–H and O–H groups in total. The molecule has 1 saturated carbocycles. The Morgan fingerprint density at radius 3 is 2.05 bits per heavy atom.